The van der Waals surface area contributed by atoms with E-state index in [0.29, 0.717) is 49.7 Å². The summed E-state index contributed by atoms with van der Waals surface area (Å²) in [6.07, 6.45) is 1.32. The Labute approximate surface area is 432 Å². The van der Waals surface area contributed by atoms with Crippen molar-refractivity contribution in [2.24, 2.45) is 40.7 Å². The Morgan fingerprint density at radius 2 is 1.36 bits per heavy atom. The Bertz CT molecular complexity index is 2270. The number of phenols is 1. The van der Waals surface area contributed by atoms with Gasteiger partial charge in [0, 0.05) is 81.3 Å². The molecule has 4 rings (SSSR count). The van der Waals surface area contributed by atoms with Gasteiger partial charge >= 0.3 is 0 Å². The highest BCUT2D eigenvalue weighted by Crippen LogP contribution is 2.37. The molecular weight excluding hydrogens is 981 g/mol. The van der Waals surface area contributed by atoms with E-state index < -0.39 is 102 Å². The molecule has 398 valence electrons. The fourth-order valence-corrected chi connectivity index (χ4v) is 11.2. The molecule has 2 fully saturated rings. The first-order valence-corrected chi connectivity index (χ1v) is 27.1. The van der Waals surface area contributed by atoms with E-state index in [1.165, 1.54) is 33.7 Å². The molecule has 0 bridgehead atoms. The van der Waals surface area contributed by atoms with E-state index in [9.17, 15) is 53.1 Å². The second-order valence-electron chi connectivity index (χ2n) is 18.7. The van der Waals surface area contributed by atoms with Crippen LogP contribution in [0.1, 0.15) is 107 Å². The van der Waals surface area contributed by atoms with E-state index in [0.717, 1.165) is 0 Å². The van der Waals surface area contributed by atoms with E-state index in [2.05, 4.69) is 26.6 Å². The van der Waals surface area contributed by atoms with Gasteiger partial charge in [-0.2, -0.15) is 0 Å². The zero-order valence-electron chi connectivity index (χ0n) is 40.9. The normalized spacial score (nSPS) is 23.1. The number of aromatic hydroxyl groups is 1. The highest BCUT2D eigenvalue weighted by Gasteiger charge is 2.38. The molecule has 21 nitrogen and oxygen atoms in total. The summed E-state index contributed by atoms with van der Waals surface area (Å²) in [4.78, 5) is 134. The molecule has 0 radical (unpaired) electrons. The number of unbranched alkanes of at least 4 members (excludes halogenated alkanes) is 1. The smallest absolute Gasteiger partial charge is 0.243 e. The van der Waals surface area contributed by atoms with E-state index in [4.69, 9.17) is 28.3 Å². The molecule has 2 aromatic carbocycles. The van der Waals surface area contributed by atoms with Crippen LogP contribution in [0.2, 0.25) is 0 Å². The average molecular weight is 1050 g/mol. The fourth-order valence-electron chi connectivity index (χ4n) is 8.95. The first-order chi connectivity index (χ1) is 34.8. The maximum absolute atomic E-state index is 14.3. The van der Waals surface area contributed by atoms with Gasteiger partial charge in [0.05, 0.1) is 23.8 Å². The summed E-state index contributed by atoms with van der Waals surface area (Å²) in [5.74, 6) is -8.20. The van der Waals surface area contributed by atoms with Crippen LogP contribution >= 0.6 is 21.6 Å². The summed E-state index contributed by atoms with van der Waals surface area (Å²) < 4.78 is 0. The SMILES string of the molecule is N=C(N)CCCC[C@@H](NC(=O)[C@@H]1CCCC1C[C@@H]1CSSCCC(=O)N[C@@H](Cc2ccc(O)cc2)C(=O)N[C@@H](Cc2ccccc2)C(=O)N[C@@H](CCC(N)=O)C(=O)C[C@@H](CC(N)=O)C(=O)N1)C(=O)CCC(N)=O. The van der Waals surface area contributed by atoms with Crippen LogP contribution in [-0.4, -0.2) is 111 Å². The topological polar surface area (TPSA) is 379 Å². The number of ketones is 2. The Balaban J connectivity index is 1.65. The van der Waals surface area contributed by atoms with Gasteiger partial charge in [0.25, 0.3) is 0 Å². The van der Waals surface area contributed by atoms with Gasteiger partial charge in [-0.05, 0) is 67.7 Å². The Hall–Kier alpha value is -6.49. The van der Waals surface area contributed by atoms with E-state index in [1.54, 1.807) is 42.5 Å². The third-order valence-corrected chi connectivity index (χ3v) is 15.3. The fraction of sp³-hybridized carbons (Fsp3) is 0.540. The van der Waals surface area contributed by atoms with Gasteiger partial charge in [-0.1, -0.05) is 76.9 Å². The predicted octanol–water partition coefficient (Wildman–Crippen LogP) is 1.24. The number of amidine groups is 1. The lowest BCUT2D eigenvalue weighted by Crippen LogP contribution is -2.57. The standard InChI is InChI=1S/C50H70N10O11S2/c51-42(52)12-5-4-11-36(40(62)18-20-44(54)65)58-48(69)35-10-6-9-31(35)25-33-28-73-72-22-21-46(67)57-38(24-30-13-15-34(61)16-14-30)49(70)60-39(23-29-7-2-1-3-8-29)50(71)59-37(17-19-43(53)64)41(63)26-32(27-45(55)66)47(68)56-33/h1-3,7-8,13-16,31-33,35-39,61H,4-6,9-12,17-28H2,(H3,51,52)(H2,53,64)(H2,54,65)(H2,55,66)(H,56,68)(H,57,67)(H,58,69)(H,59,71)(H,60,70)/t31?,32-,33+,35+,36+,37-,38-,39-/m0/s1. The molecule has 1 aliphatic carbocycles. The van der Waals surface area contributed by atoms with Gasteiger partial charge in [0.2, 0.25) is 47.3 Å². The van der Waals surface area contributed by atoms with Crippen LogP contribution in [0.3, 0.4) is 0 Å². The van der Waals surface area contributed by atoms with Gasteiger partial charge in [-0.25, -0.2) is 0 Å². The van der Waals surface area contributed by atoms with Crippen molar-refractivity contribution in [3.8, 4) is 5.75 Å². The van der Waals surface area contributed by atoms with Crippen molar-refractivity contribution >= 4 is 86.2 Å². The minimum absolute atomic E-state index is 0.00554. The molecule has 0 spiro atoms. The van der Waals surface area contributed by atoms with Gasteiger partial charge in [-0.3, -0.25) is 53.4 Å². The molecule has 15 N–H and O–H groups in total. The number of hydrogen-bond acceptors (Lipinski definition) is 14. The number of nitrogens with two attached hydrogens (primary N) is 4. The van der Waals surface area contributed by atoms with Crippen LogP contribution in [0.15, 0.2) is 54.6 Å². The maximum atomic E-state index is 14.3. The Morgan fingerprint density at radius 1 is 0.712 bits per heavy atom. The third kappa shape index (κ3) is 21.6. The molecular formula is C50H70N10O11S2. The van der Waals surface area contributed by atoms with Crippen LogP contribution in [0.5, 0.6) is 5.75 Å². The zero-order chi connectivity index (χ0) is 53.5. The van der Waals surface area contributed by atoms with Crippen molar-refractivity contribution < 1.29 is 53.1 Å². The molecule has 0 aromatic heterocycles. The van der Waals surface area contributed by atoms with Crippen molar-refractivity contribution in [2.75, 3.05) is 11.5 Å². The number of Topliss-reactive ketones (excluding diaryl/α,β-unsaturated/α-hetero) is 2. The number of benzene rings is 2. The van der Waals surface area contributed by atoms with Crippen LogP contribution in [-0.2, 0) is 60.8 Å². The Morgan fingerprint density at radius 3 is 2.00 bits per heavy atom. The van der Waals surface area contributed by atoms with E-state index in [-0.39, 0.29) is 98.5 Å². The van der Waals surface area contributed by atoms with Crippen LogP contribution in [0.4, 0.5) is 0 Å². The number of nitrogens with one attached hydrogen (secondary N) is 6. The second-order valence-corrected chi connectivity index (χ2v) is 21.3. The first kappa shape index (κ1) is 59.1. The lowest BCUT2D eigenvalue weighted by atomic mass is 9.88. The van der Waals surface area contributed by atoms with E-state index in [1.807, 2.05) is 0 Å². The molecule has 1 saturated carbocycles. The molecule has 1 saturated heterocycles. The van der Waals surface area contributed by atoms with Gasteiger partial charge in [0.15, 0.2) is 11.6 Å². The first-order valence-electron chi connectivity index (χ1n) is 24.6. The summed E-state index contributed by atoms with van der Waals surface area (Å²) in [5.41, 5.74) is 23.2. The van der Waals surface area contributed by atoms with Crippen LogP contribution in [0, 0.1) is 23.2 Å². The van der Waals surface area contributed by atoms with Gasteiger partial charge in [0.1, 0.15) is 17.8 Å². The molecule has 1 heterocycles. The van der Waals surface area contributed by atoms with Crippen molar-refractivity contribution in [3.63, 3.8) is 0 Å². The summed E-state index contributed by atoms with van der Waals surface area (Å²) >= 11 is 0. The van der Waals surface area contributed by atoms with Crippen molar-refractivity contribution in [1.29, 1.82) is 5.41 Å². The third-order valence-electron chi connectivity index (χ3n) is 12.8. The maximum Gasteiger partial charge on any atom is 0.243 e. The van der Waals surface area contributed by atoms with Crippen molar-refractivity contribution in [3.05, 3.63) is 65.7 Å². The minimum Gasteiger partial charge on any atom is -0.508 e. The highest BCUT2D eigenvalue weighted by atomic mass is 33.1. The monoisotopic (exact) mass is 1050 g/mol. The number of carbonyl (C=O) groups is 10. The van der Waals surface area contributed by atoms with Gasteiger partial charge < -0.3 is 54.6 Å². The summed E-state index contributed by atoms with van der Waals surface area (Å²) in [5, 5.41) is 31.5. The average Bonchev–Trinajstić information content (AvgIpc) is 3.80. The van der Waals surface area contributed by atoms with Crippen LogP contribution in [0.25, 0.3) is 0 Å². The molecule has 23 heteroatoms. The molecule has 73 heavy (non-hydrogen) atoms. The lowest BCUT2D eigenvalue weighted by molar-refractivity contribution is -0.135. The molecule has 2 aliphatic rings. The molecule has 8 amide bonds. The highest BCUT2D eigenvalue weighted by molar-refractivity contribution is 8.76. The molecule has 2 aromatic rings. The number of amides is 8. The van der Waals surface area contributed by atoms with Crippen molar-refractivity contribution in [1.82, 2.24) is 26.6 Å². The number of phenolic OH excluding ortho intramolecular Hbond substituents is 1. The largest absolute Gasteiger partial charge is 0.508 e. The predicted molar refractivity (Wildman–Crippen MR) is 276 cm³/mol. The lowest BCUT2D eigenvalue weighted by Gasteiger charge is -2.28. The van der Waals surface area contributed by atoms with Crippen molar-refractivity contribution in [2.45, 2.75) is 139 Å². The zero-order valence-corrected chi connectivity index (χ0v) is 42.5. The second kappa shape index (κ2) is 30.5. The minimum atomic E-state index is -1.42. The summed E-state index contributed by atoms with van der Waals surface area (Å²) in [6, 6.07) is 9.25. The van der Waals surface area contributed by atoms with Crippen LogP contribution < -0.4 is 49.5 Å². The van der Waals surface area contributed by atoms with Gasteiger partial charge in [-0.15, -0.1) is 0 Å². The molecule has 8 atom stereocenters. The summed E-state index contributed by atoms with van der Waals surface area (Å²) in [7, 11) is 2.66. The Kier molecular flexibility index (Phi) is 24.7. The van der Waals surface area contributed by atoms with E-state index >= 15 is 0 Å². The molecule has 1 unspecified atom stereocenters. The summed E-state index contributed by atoms with van der Waals surface area (Å²) in [6.45, 7) is 0. The number of hydrogen-bond donors (Lipinski definition) is 11. The number of carbonyl (C=O) groups excluding carboxylic acids is 10. The number of rotatable bonds is 22. The quantitative estimate of drug-likeness (QED) is 0.0342. The number of primary amides is 3. The molecule has 1 aliphatic heterocycles.